The molecular weight excluding hydrogens is 220 g/mol. The van der Waals surface area contributed by atoms with Crippen LogP contribution in [0, 0.1) is 11.8 Å². The van der Waals surface area contributed by atoms with E-state index in [-0.39, 0.29) is 24.3 Å². The van der Waals surface area contributed by atoms with Crippen LogP contribution in [0.2, 0.25) is 0 Å². The average molecular weight is 240 g/mol. The summed E-state index contributed by atoms with van der Waals surface area (Å²) in [6.45, 7) is 1.70. The molecule has 5 nitrogen and oxygen atoms in total. The lowest BCUT2D eigenvalue weighted by atomic mass is 9.97. The smallest absolute Gasteiger partial charge is 0.305 e. The van der Waals surface area contributed by atoms with Crippen LogP contribution in [0.5, 0.6) is 0 Å². The maximum Gasteiger partial charge on any atom is 0.305 e. The van der Waals surface area contributed by atoms with Crippen LogP contribution in [0.15, 0.2) is 0 Å². The molecule has 2 atom stereocenters. The van der Waals surface area contributed by atoms with Gasteiger partial charge in [-0.2, -0.15) is 0 Å². The second-order valence-corrected chi connectivity index (χ2v) is 5.09. The SMILES string of the molecule is O=C(O)CC(NC(=O)C1CCCNC1)C1CC1. The lowest BCUT2D eigenvalue weighted by Gasteiger charge is -2.25. The number of hydrogen-bond acceptors (Lipinski definition) is 3. The van der Waals surface area contributed by atoms with Crippen molar-refractivity contribution in [3.8, 4) is 0 Å². The number of carboxylic acids is 1. The van der Waals surface area contributed by atoms with E-state index < -0.39 is 5.97 Å². The molecule has 0 aromatic carbocycles. The number of carbonyl (C=O) groups excluding carboxylic acids is 1. The van der Waals surface area contributed by atoms with E-state index >= 15 is 0 Å². The Morgan fingerprint density at radius 2 is 2.12 bits per heavy atom. The molecule has 1 saturated carbocycles. The average Bonchev–Trinajstić information content (AvgIpc) is 3.12. The van der Waals surface area contributed by atoms with Gasteiger partial charge in [0.05, 0.1) is 12.3 Å². The van der Waals surface area contributed by atoms with Gasteiger partial charge in [-0.25, -0.2) is 0 Å². The van der Waals surface area contributed by atoms with E-state index in [2.05, 4.69) is 10.6 Å². The molecule has 2 aliphatic rings. The molecule has 1 saturated heterocycles. The number of rotatable bonds is 5. The molecule has 0 radical (unpaired) electrons. The molecular formula is C12H20N2O3. The Labute approximate surface area is 101 Å². The highest BCUT2D eigenvalue weighted by atomic mass is 16.4. The Kier molecular flexibility index (Phi) is 3.99. The molecule has 96 valence electrons. The zero-order chi connectivity index (χ0) is 12.3. The van der Waals surface area contributed by atoms with Gasteiger partial charge in [-0.15, -0.1) is 0 Å². The summed E-state index contributed by atoms with van der Waals surface area (Å²) in [4.78, 5) is 22.7. The van der Waals surface area contributed by atoms with Crippen LogP contribution in [-0.2, 0) is 9.59 Å². The minimum Gasteiger partial charge on any atom is -0.481 e. The fourth-order valence-electron chi connectivity index (χ4n) is 2.40. The lowest BCUT2D eigenvalue weighted by Crippen LogP contribution is -2.45. The van der Waals surface area contributed by atoms with Crippen LogP contribution in [0.3, 0.4) is 0 Å². The van der Waals surface area contributed by atoms with Gasteiger partial charge in [-0.3, -0.25) is 9.59 Å². The molecule has 1 aliphatic heterocycles. The number of aliphatic carboxylic acids is 1. The molecule has 2 unspecified atom stereocenters. The standard InChI is InChI=1S/C12H20N2O3/c15-11(16)6-10(8-3-4-8)14-12(17)9-2-1-5-13-7-9/h8-10,13H,1-7H2,(H,14,17)(H,15,16). The fourth-order valence-corrected chi connectivity index (χ4v) is 2.40. The van der Waals surface area contributed by atoms with Crippen molar-refractivity contribution in [1.29, 1.82) is 0 Å². The number of carbonyl (C=O) groups is 2. The van der Waals surface area contributed by atoms with Crippen LogP contribution in [0.25, 0.3) is 0 Å². The van der Waals surface area contributed by atoms with E-state index in [0.29, 0.717) is 5.92 Å². The topological polar surface area (TPSA) is 78.4 Å². The molecule has 0 aromatic rings. The largest absolute Gasteiger partial charge is 0.481 e. The van der Waals surface area contributed by atoms with Gasteiger partial charge in [0.15, 0.2) is 0 Å². The summed E-state index contributed by atoms with van der Waals surface area (Å²) in [6, 6.07) is -0.165. The Bertz CT molecular complexity index is 296. The van der Waals surface area contributed by atoms with E-state index in [1.54, 1.807) is 0 Å². The maximum absolute atomic E-state index is 12.0. The Morgan fingerprint density at radius 3 is 2.65 bits per heavy atom. The third kappa shape index (κ3) is 3.70. The molecule has 17 heavy (non-hydrogen) atoms. The van der Waals surface area contributed by atoms with Crippen LogP contribution < -0.4 is 10.6 Å². The molecule has 1 aliphatic carbocycles. The summed E-state index contributed by atoms with van der Waals surface area (Å²) in [6.07, 6.45) is 4.06. The zero-order valence-corrected chi connectivity index (χ0v) is 9.95. The van der Waals surface area contributed by atoms with Gasteiger partial charge < -0.3 is 15.7 Å². The van der Waals surface area contributed by atoms with E-state index in [1.165, 1.54) is 0 Å². The number of amides is 1. The van der Waals surface area contributed by atoms with Crippen LogP contribution in [0.4, 0.5) is 0 Å². The fraction of sp³-hybridized carbons (Fsp3) is 0.833. The minimum atomic E-state index is -0.830. The summed E-state index contributed by atoms with van der Waals surface area (Å²) in [5.41, 5.74) is 0. The quantitative estimate of drug-likeness (QED) is 0.648. The highest BCUT2D eigenvalue weighted by molar-refractivity contribution is 5.80. The first-order valence-corrected chi connectivity index (χ1v) is 6.39. The number of piperidine rings is 1. The summed E-state index contributed by atoms with van der Waals surface area (Å²) in [5.74, 6) is -0.412. The van der Waals surface area contributed by atoms with Crippen molar-refractivity contribution in [3.05, 3.63) is 0 Å². The zero-order valence-electron chi connectivity index (χ0n) is 9.95. The molecule has 1 amide bonds. The van der Waals surface area contributed by atoms with E-state index in [9.17, 15) is 9.59 Å². The molecule has 0 bridgehead atoms. The van der Waals surface area contributed by atoms with Crippen molar-refractivity contribution >= 4 is 11.9 Å². The van der Waals surface area contributed by atoms with Gasteiger partial charge in [0.1, 0.15) is 0 Å². The third-order valence-corrected chi connectivity index (χ3v) is 3.58. The van der Waals surface area contributed by atoms with Gasteiger partial charge in [0.25, 0.3) is 0 Å². The predicted octanol–water partition coefficient (Wildman–Crippen LogP) is 0.355. The van der Waals surface area contributed by atoms with E-state index in [0.717, 1.165) is 38.8 Å². The Hall–Kier alpha value is -1.10. The molecule has 0 aromatic heterocycles. The van der Waals surface area contributed by atoms with Gasteiger partial charge in [0, 0.05) is 12.6 Å². The van der Waals surface area contributed by atoms with Crippen molar-refractivity contribution in [2.24, 2.45) is 11.8 Å². The highest BCUT2D eigenvalue weighted by Gasteiger charge is 2.35. The van der Waals surface area contributed by atoms with Gasteiger partial charge in [-0.1, -0.05) is 0 Å². The van der Waals surface area contributed by atoms with Gasteiger partial charge in [0.2, 0.25) is 5.91 Å². The first-order chi connectivity index (χ1) is 8.16. The Morgan fingerprint density at radius 1 is 1.35 bits per heavy atom. The lowest BCUT2D eigenvalue weighted by molar-refractivity contribution is -0.138. The second-order valence-electron chi connectivity index (χ2n) is 5.09. The van der Waals surface area contributed by atoms with E-state index in [4.69, 9.17) is 5.11 Å². The summed E-state index contributed by atoms with van der Waals surface area (Å²) >= 11 is 0. The minimum absolute atomic E-state index is 0.0128. The van der Waals surface area contributed by atoms with Crippen molar-refractivity contribution < 1.29 is 14.7 Å². The maximum atomic E-state index is 12.0. The van der Waals surface area contributed by atoms with Gasteiger partial charge >= 0.3 is 5.97 Å². The number of nitrogens with one attached hydrogen (secondary N) is 2. The van der Waals surface area contributed by atoms with E-state index in [1.807, 2.05) is 0 Å². The van der Waals surface area contributed by atoms with Crippen LogP contribution in [0.1, 0.15) is 32.1 Å². The summed E-state index contributed by atoms with van der Waals surface area (Å²) in [5, 5.41) is 14.9. The normalized spacial score (nSPS) is 26.2. The monoisotopic (exact) mass is 240 g/mol. The molecule has 0 spiro atoms. The Balaban J connectivity index is 1.83. The van der Waals surface area contributed by atoms with Crippen molar-refractivity contribution in [2.75, 3.05) is 13.1 Å². The molecule has 5 heteroatoms. The van der Waals surface area contributed by atoms with Crippen LogP contribution >= 0.6 is 0 Å². The molecule has 1 heterocycles. The van der Waals surface area contributed by atoms with Crippen molar-refractivity contribution in [1.82, 2.24) is 10.6 Å². The highest BCUT2D eigenvalue weighted by Crippen LogP contribution is 2.34. The number of hydrogen-bond donors (Lipinski definition) is 3. The van der Waals surface area contributed by atoms with Crippen LogP contribution in [-0.4, -0.2) is 36.1 Å². The summed E-state index contributed by atoms with van der Waals surface area (Å²) in [7, 11) is 0. The second kappa shape index (κ2) is 5.49. The predicted molar refractivity (Wildman–Crippen MR) is 62.5 cm³/mol. The van der Waals surface area contributed by atoms with Gasteiger partial charge in [-0.05, 0) is 38.1 Å². The van der Waals surface area contributed by atoms with Crippen molar-refractivity contribution in [2.45, 2.75) is 38.1 Å². The third-order valence-electron chi connectivity index (χ3n) is 3.58. The first kappa shape index (κ1) is 12.4. The molecule has 3 N–H and O–H groups in total. The molecule has 2 fully saturated rings. The van der Waals surface area contributed by atoms with Crippen molar-refractivity contribution in [3.63, 3.8) is 0 Å². The summed E-state index contributed by atoms with van der Waals surface area (Å²) < 4.78 is 0. The number of carboxylic acid groups (broad SMARTS) is 1. The first-order valence-electron chi connectivity index (χ1n) is 6.39. The molecule has 2 rings (SSSR count).